The van der Waals surface area contributed by atoms with Crippen LogP contribution in [0.1, 0.15) is 25.3 Å². The van der Waals surface area contributed by atoms with E-state index in [4.69, 9.17) is 21.3 Å². The van der Waals surface area contributed by atoms with E-state index < -0.39 is 14.8 Å². The number of alkyl halides is 1. The molecule has 0 aliphatic carbocycles. The molecule has 1 aromatic rings. The van der Waals surface area contributed by atoms with Gasteiger partial charge in [-0.05, 0) is 25.5 Å². The summed E-state index contributed by atoms with van der Waals surface area (Å²) in [6.07, 6.45) is 0.939. The minimum Gasteiger partial charge on any atom is -0.508 e. The van der Waals surface area contributed by atoms with Crippen molar-refractivity contribution in [3.05, 3.63) is 29.8 Å². The molecular weight excluding hydrogens is 264 g/mol. The molecule has 0 aliphatic rings. The summed E-state index contributed by atoms with van der Waals surface area (Å²) in [6.45, 7) is 3.78. The second-order valence-electron chi connectivity index (χ2n) is 3.55. The maximum atomic E-state index is 10.1. The van der Waals surface area contributed by atoms with E-state index in [-0.39, 0.29) is 0 Å². The third kappa shape index (κ3) is 8.01. The molecule has 2 N–H and O–H groups in total. The smallest absolute Gasteiger partial charge is 0.281 e. The van der Waals surface area contributed by atoms with Gasteiger partial charge in [-0.1, -0.05) is 31.0 Å². The Bertz CT molecular complexity index is 393. The van der Waals surface area contributed by atoms with Crippen LogP contribution in [0.15, 0.2) is 24.3 Å². The Morgan fingerprint density at radius 1 is 1.29 bits per heavy atom. The molecule has 0 saturated carbocycles. The summed E-state index contributed by atoms with van der Waals surface area (Å²) in [5.41, 5.74) is 1.17. The van der Waals surface area contributed by atoms with E-state index in [9.17, 15) is 8.42 Å². The summed E-state index contributed by atoms with van der Waals surface area (Å²) in [6, 6.07) is 7.09. The fraction of sp³-hybridized carbons (Fsp3) is 0.455. The largest absolute Gasteiger partial charge is 0.508 e. The van der Waals surface area contributed by atoms with Crippen LogP contribution < -0.4 is 0 Å². The molecule has 1 unspecified atom stereocenters. The Morgan fingerprint density at radius 2 is 1.76 bits per heavy atom. The van der Waals surface area contributed by atoms with Crippen LogP contribution in [-0.4, -0.2) is 22.8 Å². The minimum absolute atomic E-state index is 0.292. The van der Waals surface area contributed by atoms with Crippen molar-refractivity contribution in [2.45, 2.75) is 31.4 Å². The molecule has 0 heterocycles. The predicted molar refractivity (Wildman–Crippen MR) is 68.9 cm³/mol. The molecule has 1 atom stereocenters. The highest BCUT2D eigenvalue weighted by molar-refractivity contribution is 7.87. The van der Waals surface area contributed by atoms with Gasteiger partial charge >= 0.3 is 0 Å². The summed E-state index contributed by atoms with van der Waals surface area (Å²) < 4.78 is 27.4. The Labute approximate surface area is 107 Å². The number of hydrogen-bond acceptors (Lipinski definition) is 3. The lowest BCUT2D eigenvalue weighted by Gasteiger charge is -2.01. The number of phenolic OH excluding ortho intramolecular Hbond substituents is 1. The third-order valence-electron chi connectivity index (χ3n) is 1.87. The van der Waals surface area contributed by atoms with Gasteiger partial charge in [0.25, 0.3) is 10.1 Å². The molecule has 1 aromatic carbocycles. The first-order valence-electron chi connectivity index (χ1n) is 5.13. The summed E-state index contributed by atoms with van der Waals surface area (Å²) in [5.74, 6) is 0.329. The summed E-state index contributed by atoms with van der Waals surface area (Å²) >= 11 is 5.22. The zero-order chi connectivity index (χ0) is 13.5. The standard InChI is InChI=1S/C7H8O.C4H9ClO3S/c1-6-2-4-7(8)5-3-6;1-2-3-4(5)9(6,7)8/h2-5,8H,1H3;4H,2-3H2,1H3,(H,6,7,8). The van der Waals surface area contributed by atoms with E-state index in [1.807, 2.05) is 19.1 Å². The third-order valence-corrected chi connectivity index (χ3v) is 3.65. The molecule has 0 aromatic heterocycles. The lowest BCUT2D eigenvalue weighted by atomic mass is 10.2. The van der Waals surface area contributed by atoms with Crippen molar-refractivity contribution < 1.29 is 18.1 Å². The lowest BCUT2D eigenvalue weighted by molar-refractivity contribution is 0.474. The molecule has 98 valence electrons. The average molecular weight is 281 g/mol. The van der Waals surface area contributed by atoms with Crippen LogP contribution >= 0.6 is 11.6 Å². The Hall–Kier alpha value is -0.780. The molecule has 0 spiro atoms. The number of aryl methyl sites for hydroxylation is 1. The molecule has 1 rings (SSSR count). The second kappa shape index (κ2) is 7.53. The van der Waals surface area contributed by atoms with Crippen molar-refractivity contribution in [1.29, 1.82) is 0 Å². The van der Waals surface area contributed by atoms with Gasteiger partial charge in [0.05, 0.1) is 0 Å². The molecule has 0 fully saturated rings. The number of benzene rings is 1. The summed E-state index contributed by atoms with van der Waals surface area (Å²) in [4.78, 5) is 0. The number of rotatable bonds is 3. The van der Waals surface area contributed by atoms with Crippen molar-refractivity contribution in [1.82, 2.24) is 0 Å². The van der Waals surface area contributed by atoms with Crippen LogP contribution in [0.25, 0.3) is 0 Å². The number of hydrogen-bond donors (Lipinski definition) is 2. The zero-order valence-corrected chi connectivity index (χ0v) is 11.4. The van der Waals surface area contributed by atoms with Gasteiger partial charge in [-0.3, -0.25) is 4.55 Å². The van der Waals surface area contributed by atoms with Crippen molar-refractivity contribution in [3.8, 4) is 5.75 Å². The first-order chi connectivity index (χ1) is 7.77. The first kappa shape index (κ1) is 16.2. The minimum atomic E-state index is -4.00. The number of aromatic hydroxyl groups is 1. The van der Waals surface area contributed by atoms with E-state index in [1.54, 1.807) is 19.1 Å². The highest BCUT2D eigenvalue weighted by atomic mass is 35.5. The zero-order valence-electron chi connectivity index (χ0n) is 9.80. The molecule has 0 amide bonds. The van der Waals surface area contributed by atoms with E-state index in [1.165, 1.54) is 5.56 Å². The van der Waals surface area contributed by atoms with Crippen molar-refractivity contribution in [3.63, 3.8) is 0 Å². The Balaban J connectivity index is 0.000000302. The van der Waals surface area contributed by atoms with Gasteiger partial charge in [0.2, 0.25) is 0 Å². The van der Waals surface area contributed by atoms with Crippen LogP contribution in [0.4, 0.5) is 0 Å². The van der Waals surface area contributed by atoms with Crippen LogP contribution in [0.3, 0.4) is 0 Å². The molecule has 4 nitrogen and oxygen atoms in total. The Morgan fingerprint density at radius 3 is 2.00 bits per heavy atom. The molecule has 6 heteroatoms. The first-order valence-corrected chi connectivity index (χ1v) is 7.07. The van der Waals surface area contributed by atoms with Crippen molar-refractivity contribution in [2.24, 2.45) is 0 Å². The number of phenols is 1. The fourth-order valence-corrected chi connectivity index (χ4v) is 1.67. The SMILES string of the molecule is CCCC(Cl)S(=O)(=O)O.Cc1ccc(O)cc1. The molecule has 0 saturated heterocycles. The number of halogens is 1. The monoisotopic (exact) mass is 280 g/mol. The molecule has 17 heavy (non-hydrogen) atoms. The van der Waals surface area contributed by atoms with Crippen LogP contribution in [0, 0.1) is 6.92 Å². The molecule has 0 radical (unpaired) electrons. The quantitative estimate of drug-likeness (QED) is 0.659. The molecular formula is C11H17ClO4S. The maximum Gasteiger partial charge on any atom is 0.281 e. The van der Waals surface area contributed by atoms with E-state index >= 15 is 0 Å². The molecule has 0 bridgehead atoms. The fourth-order valence-electron chi connectivity index (χ4n) is 0.921. The topological polar surface area (TPSA) is 74.6 Å². The highest BCUT2D eigenvalue weighted by Crippen LogP contribution is 2.10. The van der Waals surface area contributed by atoms with Crippen molar-refractivity contribution >= 4 is 21.7 Å². The summed E-state index contributed by atoms with van der Waals surface area (Å²) in [5, 5.41) is 8.76. The highest BCUT2D eigenvalue weighted by Gasteiger charge is 2.17. The van der Waals surface area contributed by atoms with Gasteiger partial charge in [-0.15, -0.1) is 11.6 Å². The average Bonchev–Trinajstić information content (AvgIpc) is 2.22. The maximum absolute atomic E-state index is 10.1. The van der Waals surface area contributed by atoms with Crippen molar-refractivity contribution in [2.75, 3.05) is 0 Å². The predicted octanol–water partition coefficient (Wildman–Crippen LogP) is 2.94. The van der Waals surface area contributed by atoms with E-state index in [2.05, 4.69) is 0 Å². The van der Waals surface area contributed by atoms with Gasteiger partial charge < -0.3 is 5.11 Å². The van der Waals surface area contributed by atoms with Crippen LogP contribution in [0.2, 0.25) is 0 Å². The van der Waals surface area contributed by atoms with Gasteiger partial charge in [0, 0.05) is 0 Å². The summed E-state index contributed by atoms with van der Waals surface area (Å²) in [7, 11) is -4.00. The molecule has 0 aliphatic heterocycles. The lowest BCUT2D eigenvalue weighted by Crippen LogP contribution is -2.12. The van der Waals surface area contributed by atoms with Gasteiger partial charge in [0.15, 0.2) is 4.71 Å². The van der Waals surface area contributed by atoms with Gasteiger partial charge in [-0.25, -0.2) is 0 Å². The van der Waals surface area contributed by atoms with Crippen LogP contribution in [0.5, 0.6) is 5.75 Å². The second-order valence-corrected chi connectivity index (χ2v) is 5.93. The van der Waals surface area contributed by atoms with Gasteiger partial charge in [-0.2, -0.15) is 8.42 Å². The van der Waals surface area contributed by atoms with E-state index in [0.29, 0.717) is 18.6 Å². The van der Waals surface area contributed by atoms with Gasteiger partial charge in [0.1, 0.15) is 5.75 Å². The Kier molecular flexibility index (Phi) is 7.18. The van der Waals surface area contributed by atoms with E-state index in [0.717, 1.165) is 0 Å². The van der Waals surface area contributed by atoms with Crippen LogP contribution in [-0.2, 0) is 10.1 Å². The normalized spacial score (nSPS) is 12.5.